The first-order valence-corrected chi connectivity index (χ1v) is 21.0. The van der Waals surface area contributed by atoms with Gasteiger partial charge in [-0.15, -0.1) is 0 Å². The molecule has 0 spiro atoms. The predicted octanol–water partition coefficient (Wildman–Crippen LogP) is 14.0. The van der Waals surface area contributed by atoms with Gasteiger partial charge >= 0.3 is 0 Å². The van der Waals surface area contributed by atoms with Gasteiger partial charge < -0.3 is 8.98 Å². The van der Waals surface area contributed by atoms with Crippen LogP contribution in [0.15, 0.2) is 211 Å². The molecule has 0 bridgehead atoms. The minimum atomic E-state index is 0.630. The van der Waals surface area contributed by atoms with Gasteiger partial charge in [-0.05, 0) is 83.4 Å². The summed E-state index contributed by atoms with van der Waals surface area (Å²) in [5.74, 6) is 0.630. The van der Waals surface area contributed by atoms with Crippen LogP contribution in [0.25, 0.3) is 122 Å². The number of benzene rings is 7. The van der Waals surface area contributed by atoms with Crippen molar-refractivity contribution in [3.05, 3.63) is 207 Å². The second-order valence-electron chi connectivity index (χ2n) is 15.9. The largest absolute Gasteiger partial charge is 0.454 e. The van der Waals surface area contributed by atoms with Gasteiger partial charge in [0.05, 0.1) is 45.3 Å². The molecule has 6 heterocycles. The molecule has 294 valence electrons. The highest BCUT2D eigenvalue weighted by Crippen LogP contribution is 2.39. The zero-order valence-electron chi connectivity index (χ0n) is 33.7. The molecule has 0 N–H and O–H groups in total. The van der Waals surface area contributed by atoms with Gasteiger partial charge in [-0.25, -0.2) is 9.97 Å². The summed E-state index contributed by atoms with van der Waals surface area (Å²) in [6, 6.07) is 65.8. The minimum Gasteiger partial charge on any atom is -0.454 e. The Labute approximate surface area is 360 Å². The average Bonchev–Trinajstić information content (AvgIpc) is 4.01. The Morgan fingerprint density at radius 3 is 1.75 bits per heavy atom. The van der Waals surface area contributed by atoms with E-state index in [1.165, 1.54) is 10.8 Å². The van der Waals surface area contributed by atoms with Gasteiger partial charge in [-0.3, -0.25) is 14.5 Å². The van der Waals surface area contributed by atoms with Crippen LogP contribution in [-0.2, 0) is 0 Å². The third kappa shape index (κ3) is 5.67. The molecule has 0 radical (unpaired) electrons. The molecule has 13 aromatic rings. The van der Waals surface area contributed by atoms with Gasteiger partial charge in [-0.1, -0.05) is 121 Å². The molecule has 63 heavy (non-hydrogen) atoms. The maximum absolute atomic E-state index is 6.09. The molecule has 0 aliphatic heterocycles. The van der Waals surface area contributed by atoms with E-state index < -0.39 is 0 Å². The lowest BCUT2D eigenvalue weighted by Gasteiger charge is -2.12. The molecule has 0 amide bonds. The molecular weight excluding hydrogens is 773 g/mol. The van der Waals surface area contributed by atoms with E-state index in [1.54, 1.807) is 0 Å². The highest BCUT2D eigenvalue weighted by Gasteiger charge is 2.19. The van der Waals surface area contributed by atoms with Crippen molar-refractivity contribution >= 4 is 65.7 Å². The zero-order valence-corrected chi connectivity index (χ0v) is 33.7. The molecule has 0 saturated heterocycles. The molecule has 0 aliphatic rings. The highest BCUT2D eigenvalue weighted by atomic mass is 16.3. The van der Waals surface area contributed by atoms with Crippen LogP contribution in [0.4, 0.5) is 0 Å². The molecule has 0 unspecified atom stereocenters. The first-order valence-electron chi connectivity index (χ1n) is 21.0. The number of furan rings is 1. The van der Waals surface area contributed by atoms with Crippen molar-refractivity contribution in [2.24, 2.45) is 0 Å². The van der Waals surface area contributed by atoms with Gasteiger partial charge in [0.2, 0.25) is 5.95 Å². The van der Waals surface area contributed by atoms with E-state index in [0.29, 0.717) is 5.95 Å². The van der Waals surface area contributed by atoms with Gasteiger partial charge in [0, 0.05) is 56.0 Å². The van der Waals surface area contributed by atoms with E-state index in [1.807, 2.05) is 48.9 Å². The van der Waals surface area contributed by atoms with Crippen molar-refractivity contribution in [1.82, 2.24) is 29.1 Å². The van der Waals surface area contributed by atoms with E-state index in [-0.39, 0.29) is 0 Å². The third-order valence-corrected chi connectivity index (χ3v) is 12.3. The standard InChI is InChI=1S/C56H34N6O/c1-3-12-35(13-4-1)47-32-48(36-14-5-2-6-15-36)60-56(59-47)62-50-19-10-8-17-43(50)45-29-37(22-25-51(45)62)39-21-24-44-42-16-7-9-18-49(42)61(52(44)31-39)41-28-40(33-57-34-41)38-23-26-53-46(30-38)55-54(63-53)20-11-27-58-55/h1-34H. The second-order valence-corrected chi connectivity index (χ2v) is 15.9. The fraction of sp³-hybridized carbons (Fsp3) is 0. The van der Waals surface area contributed by atoms with E-state index in [2.05, 4.69) is 172 Å². The Kier molecular flexibility index (Phi) is 7.77. The summed E-state index contributed by atoms with van der Waals surface area (Å²) in [5, 5.41) is 5.63. The number of pyridine rings is 2. The van der Waals surface area contributed by atoms with Crippen molar-refractivity contribution in [2.75, 3.05) is 0 Å². The summed E-state index contributed by atoms with van der Waals surface area (Å²) < 4.78 is 10.6. The monoisotopic (exact) mass is 806 g/mol. The Morgan fingerprint density at radius 1 is 0.365 bits per heavy atom. The molecule has 13 rings (SSSR count). The van der Waals surface area contributed by atoms with Crippen LogP contribution in [0.3, 0.4) is 0 Å². The fourth-order valence-electron chi connectivity index (χ4n) is 9.33. The molecule has 6 aromatic heterocycles. The summed E-state index contributed by atoms with van der Waals surface area (Å²) in [7, 11) is 0. The molecule has 7 heteroatoms. The van der Waals surface area contributed by atoms with Crippen molar-refractivity contribution in [2.45, 2.75) is 0 Å². The van der Waals surface area contributed by atoms with Crippen LogP contribution >= 0.6 is 0 Å². The summed E-state index contributed by atoms with van der Waals surface area (Å²) in [6.07, 6.45) is 5.69. The lowest BCUT2D eigenvalue weighted by atomic mass is 10.0. The Balaban J connectivity index is 0.961. The van der Waals surface area contributed by atoms with Crippen LogP contribution in [0.2, 0.25) is 0 Å². The van der Waals surface area contributed by atoms with Crippen molar-refractivity contribution in [1.29, 1.82) is 0 Å². The smallest absolute Gasteiger partial charge is 0.235 e. The average molecular weight is 807 g/mol. The minimum absolute atomic E-state index is 0.630. The Hall–Kier alpha value is -8.68. The number of para-hydroxylation sites is 2. The maximum Gasteiger partial charge on any atom is 0.235 e. The number of aromatic nitrogens is 6. The number of fused-ring (bicyclic) bond motifs is 9. The maximum atomic E-state index is 6.09. The highest BCUT2D eigenvalue weighted by molar-refractivity contribution is 6.12. The van der Waals surface area contributed by atoms with E-state index in [0.717, 1.165) is 105 Å². The fourth-order valence-corrected chi connectivity index (χ4v) is 9.33. The van der Waals surface area contributed by atoms with Crippen LogP contribution in [0, 0.1) is 0 Å². The summed E-state index contributed by atoms with van der Waals surface area (Å²) in [4.78, 5) is 19.9. The van der Waals surface area contributed by atoms with Crippen LogP contribution in [0.1, 0.15) is 0 Å². The van der Waals surface area contributed by atoms with E-state index in [9.17, 15) is 0 Å². The molecular formula is C56H34N6O. The van der Waals surface area contributed by atoms with Crippen molar-refractivity contribution < 1.29 is 4.42 Å². The zero-order chi connectivity index (χ0) is 41.4. The number of rotatable bonds is 6. The van der Waals surface area contributed by atoms with E-state index in [4.69, 9.17) is 19.4 Å². The number of hydrogen-bond acceptors (Lipinski definition) is 5. The summed E-state index contributed by atoms with van der Waals surface area (Å²) in [5.41, 5.74) is 15.9. The third-order valence-electron chi connectivity index (χ3n) is 12.3. The van der Waals surface area contributed by atoms with Crippen LogP contribution < -0.4 is 0 Å². The summed E-state index contributed by atoms with van der Waals surface area (Å²) in [6.45, 7) is 0. The lowest BCUT2D eigenvalue weighted by Crippen LogP contribution is -2.03. The van der Waals surface area contributed by atoms with Crippen molar-refractivity contribution in [3.63, 3.8) is 0 Å². The molecule has 7 nitrogen and oxygen atoms in total. The Bertz CT molecular complexity index is 3860. The lowest BCUT2D eigenvalue weighted by molar-refractivity contribution is 0.668. The molecule has 0 fully saturated rings. The quantitative estimate of drug-likeness (QED) is 0.167. The van der Waals surface area contributed by atoms with Gasteiger partial charge in [0.25, 0.3) is 0 Å². The normalized spacial score (nSPS) is 11.8. The van der Waals surface area contributed by atoms with Gasteiger partial charge in [-0.2, -0.15) is 0 Å². The van der Waals surface area contributed by atoms with E-state index >= 15 is 0 Å². The number of nitrogens with zero attached hydrogens (tertiary/aromatic N) is 6. The van der Waals surface area contributed by atoms with Gasteiger partial charge in [0.15, 0.2) is 5.58 Å². The first kappa shape index (κ1) is 35.1. The SMILES string of the molecule is c1ccc(-c2cc(-c3ccccc3)nc(-n3c4ccccc4c4cc(-c5ccc6c7ccccc7n(-c7cncc(-c8ccc9oc%10cccnc%10c9c8)c7)c6c5)ccc43)n2)cc1. The number of hydrogen-bond donors (Lipinski definition) is 0. The second kappa shape index (κ2) is 13.9. The van der Waals surface area contributed by atoms with Crippen LogP contribution in [-0.4, -0.2) is 29.1 Å². The molecule has 7 aromatic carbocycles. The predicted molar refractivity (Wildman–Crippen MR) is 255 cm³/mol. The molecule has 0 atom stereocenters. The van der Waals surface area contributed by atoms with Crippen LogP contribution in [0.5, 0.6) is 0 Å². The molecule has 0 saturated carbocycles. The Morgan fingerprint density at radius 2 is 0.968 bits per heavy atom. The summed E-state index contributed by atoms with van der Waals surface area (Å²) >= 11 is 0. The molecule has 0 aliphatic carbocycles. The van der Waals surface area contributed by atoms with Crippen molar-refractivity contribution in [3.8, 4) is 56.4 Å². The van der Waals surface area contributed by atoms with Gasteiger partial charge in [0.1, 0.15) is 11.1 Å². The first-order chi connectivity index (χ1) is 31.2. The topological polar surface area (TPSA) is 74.6 Å².